The first-order valence-corrected chi connectivity index (χ1v) is 7.98. The Morgan fingerprint density at radius 3 is 2.55 bits per heavy atom. The van der Waals surface area contributed by atoms with Crippen LogP contribution < -0.4 is 5.32 Å². The summed E-state index contributed by atoms with van der Waals surface area (Å²) in [6.45, 7) is 9.26. The molecule has 0 saturated heterocycles. The average molecular weight is 277 g/mol. The van der Waals surface area contributed by atoms with Crippen LogP contribution in [0.2, 0.25) is 0 Å². The molecule has 0 radical (unpaired) electrons. The fraction of sp³-hybridized carbons (Fsp3) is 0.824. The van der Waals surface area contributed by atoms with E-state index in [1.807, 2.05) is 0 Å². The van der Waals surface area contributed by atoms with Gasteiger partial charge in [0.15, 0.2) is 0 Å². The fourth-order valence-electron chi connectivity index (χ4n) is 3.78. The molecule has 1 aliphatic rings. The third kappa shape index (κ3) is 3.43. The number of rotatable bonds is 3. The van der Waals surface area contributed by atoms with Gasteiger partial charge in [0.05, 0.1) is 5.69 Å². The molecule has 2 rings (SSSR count). The van der Waals surface area contributed by atoms with E-state index < -0.39 is 0 Å². The van der Waals surface area contributed by atoms with Crippen molar-refractivity contribution in [2.45, 2.75) is 59.4 Å². The van der Waals surface area contributed by atoms with Crippen molar-refractivity contribution in [3.63, 3.8) is 0 Å². The molecule has 3 nitrogen and oxygen atoms in total. The van der Waals surface area contributed by atoms with Crippen molar-refractivity contribution in [3.8, 4) is 0 Å². The summed E-state index contributed by atoms with van der Waals surface area (Å²) in [7, 11) is 4.18. The lowest BCUT2D eigenvalue weighted by atomic mass is 9.66. The first-order chi connectivity index (χ1) is 9.31. The smallest absolute Gasteiger partial charge is 0.0596 e. The van der Waals surface area contributed by atoms with Crippen molar-refractivity contribution in [2.75, 3.05) is 7.05 Å². The number of nitrogens with one attached hydrogen (secondary N) is 1. The van der Waals surface area contributed by atoms with Crippen LogP contribution in [0.4, 0.5) is 0 Å². The van der Waals surface area contributed by atoms with Crippen LogP contribution in [0.1, 0.15) is 51.4 Å². The minimum Gasteiger partial charge on any atom is -0.317 e. The zero-order chi connectivity index (χ0) is 14.9. The van der Waals surface area contributed by atoms with Crippen LogP contribution in [0.3, 0.4) is 0 Å². The second-order valence-corrected chi connectivity index (χ2v) is 7.64. The molecule has 1 N–H and O–H groups in total. The second kappa shape index (κ2) is 5.88. The molecule has 20 heavy (non-hydrogen) atoms. The molecule has 0 aromatic carbocycles. The number of hydrogen-bond acceptors (Lipinski definition) is 2. The van der Waals surface area contributed by atoms with E-state index in [0.717, 1.165) is 24.0 Å². The van der Waals surface area contributed by atoms with Crippen molar-refractivity contribution in [3.05, 3.63) is 17.5 Å². The van der Waals surface area contributed by atoms with Gasteiger partial charge in [-0.2, -0.15) is 5.10 Å². The van der Waals surface area contributed by atoms with Crippen LogP contribution in [0.25, 0.3) is 0 Å². The SMILES string of the molecule is CNC1CCC(C(C)(C)C)CC1Cc1cc(C)nn1C. The van der Waals surface area contributed by atoms with Gasteiger partial charge in [0.1, 0.15) is 0 Å². The third-order valence-electron chi connectivity index (χ3n) is 5.15. The number of aromatic nitrogens is 2. The molecular formula is C17H31N3. The Bertz CT molecular complexity index is 442. The largest absolute Gasteiger partial charge is 0.317 e. The van der Waals surface area contributed by atoms with Gasteiger partial charge in [-0.25, -0.2) is 0 Å². The van der Waals surface area contributed by atoms with Crippen molar-refractivity contribution in [1.29, 1.82) is 0 Å². The van der Waals surface area contributed by atoms with Crippen molar-refractivity contribution in [1.82, 2.24) is 15.1 Å². The third-order valence-corrected chi connectivity index (χ3v) is 5.15. The van der Waals surface area contributed by atoms with Crippen molar-refractivity contribution in [2.24, 2.45) is 24.3 Å². The predicted molar refractivity (Wildman–Crippen MR) is 84.8 cm³/mol. The molecule has 1 heterocycles. The number of nitrogens with zero attached hydrogens (tertiary/aromatic N) is 2. The molecule has 1 aromatic heterocycles. The van der Waals surface area contributed by atoms with Crippen LogP contribution in [0, 0.1) is 24.2 Å². The number of hydrogen-bond donors (Lipinski definition) is 1. The van der Waals surface area contributed by atoms with E-state index in [9.17, 15) is 0 Å². The van der Waals surface area contributed by atoms with Gasteiger partial charge in [0.2, 0.25) is 0 Å². The molecule has 114 valence electrons. The highest BCUT2D eigenvalue weighted by atomic mass is 15.3. The molecule has 0 bridgehead atoms. The summed E-state index contributed by atoms with van der Waals surface area (Å²) < 4.78 is 2.06. The topological polar surface area (TPSA) is 29.9 Å². The highest BCUT2D eigenvalue weighted by Crippen LogP contribution is 2.41. The Kier molecular flexibility index (Phi) is 4.58. The molecule has 0 aliphatic heterocycles. The summed E-state index contributed by atoms with van der Waals surface area (Å²) in [6, 6.07) is 2.90. The van der Waals surface area contributed by atoms with Gasteiger partial charge in [0, 0.05) is 18.8 Å². The minimum atomic E-state index is 0.430. The van der Waals surface area contributed by atoms with Crippen LogP contribution in [-0.4, -0.2) is 22.9 Å². The van der Waals surface area contributed by atoms with E-state index >= 15 is 0 Å². The average Bonchev–Trinajstić information content (AvgIpc) is 2.66. The fourth-order valence-corrected chi connectivity index (χ4v) is 3.78. The molecule has 1 aromatic rings. The van der Waals surface area contributed by atoms with E-state index in [1.54, 1.807) is 0 Å². The molecule has 0 spiro atoms. The van der Waals surface area contributed by atoms with E-state index in [2.05, 4.69) is 63.0 Å². The van der Waals surface area contributed by atoms with Crippen molar-refractivity contribution < 1.29 is 0 Å². The Labute approximate surface area is 124 Å². The van der Waals surface area contributed by atoms with Crippen LogP contribution in [0.5, 0.6) is 0 Å². The highest BCUT2D eigenvalue weighted by Gasteiger charge is 2.35. The Balaban J connectivity index is 2.11. The lowest BCUT2D eigenvalue weighted by molar-refractivity contribution is 0.116. The van der Waals surface area contributed by atoms with Gasteiger partial charge in [-0.15, -0.1) is 0 Å². The van der Waals surface area contributed by atoms with E-state index in [-0.39, 0.29) is 0 Å². The summed E-state index contributed by atoms with van der Waals surface area (Å²) >= 11 is 0. The molecule has 3 unspecified atom stereocenters. The van der Waals surface area contributed by atoms with Gasteiger partial charge in [0.25, 0.3) is 0 Å². The maximum atomic E-state index is 4.49. The summed E-state index contributed by atoms with van der Waals surface area (Å²) in [6.07, 6.45) is 5.14. The van der Waals surface area contributed by atoms with Gasteiger partial charge in [-0.1, -0.05) is 20.8 Å². The minimum absolute atomic E-state index is 0.430. The van der Waals surface area contributed by atoms with Crippen LogP contribution in [-0.2, 0) is 13.5 Å². The standard InChI is InChI=1S/C17H31N3/c1-12-9-15(20(6)19-12)11-13-10-14(17(2,3)4)7-8-16(13)18-5/h9,13-14,16,18H,7-8,10-11H2,1-6H3. The summed E-state index contributed by atoms with van der Waals surface area (Å²) in [5.74, 6) is 1.57. The predicted octanol–water partition coefficient (Wildman–Crippen LogP) is 3.32. The Morgan fingerprint density at radius 2 is 2.05 bits per heavy atom. The Hall–Kier alpha value is -0.830. The summed E-state index contributed by atoms with van der Waals surface area (Å²) in [5, 5.41) is 8.03. The van der Waals surface area contributed by atoms with E-state index in [0.29, 0.717) is 11.5 Å². The van der Waals surface area contributed by atoms with E-state index in [1.165, 1.54) is 25.0 Å². The summed E-state index contributed by atoms with van der Waals surface area (Å²) in [4.78, 5) is 0. The van der Waals surface area contributed by atoms with Gasteiger partial charge in [-0.3, -0.25) is 4.68 Å². The summed E-state index contributed by atoms with van der Waals surface area (Å²) in [5.41, 5.74) is 2.94. The van der Waals surface area contributed by atoms with Gasteiger partial charge >= 0.3 is 0 Å². The maximum Gasteiger partial charge on any atom is 0.0596 e. The van der Waals surface area contributed by atoms with Crippen molar-refractivity contribution >= 4 is 0 Å². The normalized spacial score (nSPS) is 27.8. The lowest BCUT2D eigenvalue weighted by Gasteiger charge is -2.42. The molecule has 3 heteroatoms. The second-order valence-electron chi connectivity index (χ2n) is 7.64. The van der Waals surface area contributed by atoms with E-state index in [4.69, 9.17) is 0 Å². The Morgan fingerprint density at radius 1 is 1.35 bits per heavy atom. The first-order valence-electron chi connectivity index (χ1n) is 7.98. The molecule has 1 saturated carbocycles. The zero-order valence-electron chi connectivity index (χ0n) is 14.0. The monoisotopic (exact) mass is 277 g/mol. The molecule has 0 amide bonds. The molecule has 1 fully saturated rings. The van der Waals surface area contributed by atoms with Crippen LogP contribution in [0.15, 0.2) is 6.07 Å². The molecular weight excluding hydrogens is 246 g/mol. The number of aryl methyl sites for hydroxylation is 2. The quantitative estimate of drug-likeness (QED) is 0.918. The molecule has 1 aliphatic carbocycles. The van der Waals surface area contributed by atoms with Crippen LogP contribution >= 0.6 is 0 Å². The highest BCUT2D eigenvalue weighted by molar-refractivity contribution is 5.10. The van der Waals surface area contributed by atoms with Gasteiger partial charge in [-0.05, 0) is 63.0 Å². The van der Waals surface area contributed by atoms with Gasteiger partial charge < -0.3 is 5.32 Å². The lowest BCUT2D eigenvalue weighted by Crippen LogP contribution is -2.42. The zero-order valence-corrected chi connectivity index (χ0v) is 14.0. The maximum absolute atomic E-state index is 4.49. The molecule has 3 atom stereocenters. The first kappa shape index (κ1) is 15.6.